The van der Waals surface area contributed by atoms with Crippen LogP contribution in [0, 0.1) is 0 Å². The van der Waals surface area contributed by atoms with E-state index in [-0.39, 0.29) is 11.8 Å². The SMILES string of the molecule is CC(=O)c1cccc2c1NC(=O)NC2. The molecule has 72 valence electrons. The Balaban J connectivity index is 2.54. The number of anilines is 1. The topological polar surface area (TPSA) is 58.2 Å². The average molecular weight is 190 g/mol. The maximum absolute atomic E-state index is 11.3. The van der Waals surface area contributed by atoms with Crippen LogP contribution >= 0.6 is 0 Å². The Morgan fingerprint density at radius 2 is 2.21 bits per heavy atom. The number of fused-ring (bicyclic) bond motifs is 1. The second kappa shape index (κ2) is 3.14. The van der Waals surface area contributed by atoms with E-state index in [1.54, 1.807) is 6.07 Å². The van der Waals surface area contributed by atoms with Crippen LogP contribution in [0.3, 0.4) is 0 Å². The number of urea groups is 1. The number of carbonyl (C=O) groups excluding carboxylic acids is 2. The molecule has 2 rings (SSSR count). The molecule has 2 amide bonds. The van der Waals surface area contributed by atoms with Crippen LogP contribution in [-0.2, 0) is 6.54 Å². The number of ketones is 1. The standard InChI is InChI=1S/C10H10N2O2/c1-6(13)8-4-2-3-7-5-11-10(14)12-9(7)8/h2-4H,5H2,1H3,(H2,11,12,14). The smallest absolute Gasteiger partial charge is 0.319 e. The number of Topliss-reactive ketones (excluding diaryl/α,β-unsaturated/α-hetero) is 1. The summed E-state index contributed by atoms with van der Waals surface area (Å²) in [7, 11) is 0. The molecule has 1 aliphatic rings. The van der Waals surface area contributed by atoms with Crippen molar-refractivity contribution in [1.82, 2.24) is 5.32 Å². The first-order chi connectivity index (χ1) is 6.68. The van der Waals surface area contributed by atoms with Crippen LogP contribution in [0.4, 0.5) is 10.5 Å². The van der Waals surface area contributed by atoms with Crippen molar-refractivity contribution in [3.8, 4) is 0 Å². The number of hydrogen-bond acceptors (Lipinski definition) is 2. The molecule has 0 saturated heterocycles. The molecule has 1 heterocycles. The minimum Gasteiger partial charge on any atom is -0.334 e. The van der Waals surface area contributed by atoms with E-state index in [0.29, 0.717) is 17.8 Å². The Kier molecular flexibility index (Phi) is 1.96. The molecule has 0 aliphatic carbocycles. The van der Waals surface area contributed by atoms with Crippen molar-refractivity contribution in [1.29, 1.82) is 0 Å². The predicted octanol–water partition coefficient (Wildman–Crippen LogP) is 1.52. The molecule has 2 N–H and O–H groups in total. The Labute approximate surface area is 81.3 Å². The lowest BCUT2D eigenvalue weighted by Crippen LogP contribution is -2.34. The Hall–Kier alpha value is -1.84. The molecule has 0 bridgehead atoms. The van der Waals surface area contributed by atoms with Crippen LogP contribution in [-0.4, -0.2) is 11.8 Å². The van der Waals surface area contributed by atoms with E-state index < -0.39 is 0 Å². The first kappa shape index (κ1) is 8.74. The summed E-state index contributed by atoms with van der Waals surface area (Å²) in [4.78, 5) is 22.3. The first-order valence-electron chi connectivity index (χ1n) is 4.36. The zero-order chi connectivity index (χ0) is 10.1. The van der Waals surface area contributed by atoms with Crippen molar-refractivity contribution < 1.29 is 9.59 Å². The minimum atomic E-state index is -0.258. The summed E-state index contributed by atoms with van der Waals surface area (Å²) >= 11 is 0. The first-order valence-corrected chi connectivity index (χ1v) is 4.36. The molecule has 1 aliphatic heterocycles. The lowest BCUT2D eigenvalue weighted by atomic mass is 10.0. The summed E-state index contributed by atoms with van der Waals surface area (Å²) in [5.41, 5.74) is 2.15. The number of benzene rings is 1. The van der Waals surface area contributed by atoms with Crippen molar-refractivity contribution in [3.05, 3.63) is 29.3 Å². The van der Waals surface area contributed by atoms with Crippen LogP contribution in [0.15, 0.2) is 18.2 Å². The molecule has 0 radical (unpaired) electrons. The van der Waals surface area contributed by atoms with Gasteiger partial charge >= 0.3 is 6.03 Å². The Bertz CT molecular complexity index is 413. The van der Waals surface area contributed by atoms with Gasteiger partial charge in [0.2, 0.25) is 0 Å². The molecular weight excluding hydrogens is 180 g/mol. The third-order valence-corrected chi connectivity index (χ3v) is 2.21. The number of para-hydroxylation sites is 1. The van der Waals surface area contributed by atoms with Crippen LogP contribution in [0.2, 0.25) is 0 Å². The molecule has 0 aromatic heterocycles. The second-order valence-corrected chi connectivity index (χ2v) is 3.20. The highest BCUT2D eigenvalue weighted by atomic mass is 16.2. The summed E-state index contributed by atoms with van der Waals surface area (Å²) in [6.45, 7) is 1.96. The van der Waals surface area contributed by atoms with Gasteiger partial charge in [-0.1, -0.05) is 12.1 Å². The van der Waals surface area contributed by atoms with Gasteiger partial charge in [-0.15, -0.1) is 0 Å². The summed E-state index contributed by atoms with van der Waals surface area (Å²) in [5, 5.41) is 5.28. The predicted molar refractivity (Wildman–Crippen MR) is 52.3 cm³/mol. The third-order valence-electron chi connectivity index (χ3n) is 2.21. The van der Waals surface area contributed by atoms with E-state index >= 15 is 0 Å². The van der Waals surface area contributed by atoms with Gasteiger partial charge in [0, 0.05) is 12.1 Å². The molecule has 0 saturated carbocycles. The van der Waals surface area contributed by atoms with Gasteiger partial charge < -0.3 is 10.6 Å². The van der Waals surface area contributed by atoms with E-state index in [1.807, 2.05) is 12.1 Å². The quantitative estimate of drug-likeness (QED) is 0.659. The number of hydrogen-bond donors (Lipinski definition) is 2. The monoisotopic (exact) mass is 190 g/mol. The fraction of sp³-hybridized carbons (Fsp3) is 0.200. The summed E-state index contributed by atoms with van der Waals surface area (Å²) in [6, 6.07) is 5.15. The van der Waals surface area contributed by atoms with E-state index in [1.165, 1.54) is 6.92 Å². The highest BCUT2D eigenvalue weighted by molar-refractivity contribution is 6.05. The number of amides is 2. The molecule has 1 aromatic carbocycles. The van der Waals surface area contributed by atoms with Crippen LogP contribution < -0.4 is 10.6 Å². The molecule has 4 nitrogen and oxygen atoms in total. The van der Waals surface area contributed by atoms with E-state index in [0.717, 1.165) is 5.56 Å². The normalized spacial score (nSPS) is 13.9. The lowest BCUT2D eigenvalue weighted by molar-refractivity contribution is 0.101. The second-order valence-electron chi connectivity index (χ2n) is 3.20. The van der Waals surface area contributed by atoms with Gasteiger partial charge in [0.15, 0.2) is 5.78 Å². The van der Waals surface area contributed by atoms with Crippen molar-refractivity contribution in [2.45, 2.75) is 13.5 Å². The van der Waals surface area contributed by atoms with Gasteiger partial charge in [-0.05, 0) is 18.6 Å². The zero-order valence-corrected chi connectivity index (χ0v) is 7.76. The molecule has 0 atom stereocenters. The van der Waals surface area contributed by atoms with Gasteiger partial charge in [-0.2, -0.15) is 0 Å². The van der Waals surface area contributed by atoms with Gasteiger partial charge in [-0.3, -0.25) is 4.79 Å². The van der Waals surface area contributed by atoms with Crippen LogP contribution in [0.5, 0.6) is 0 Å². The van der Waals surface area contributed by atoms with Gasteiger partial charge in [0.25, 0.3) is 0 Å². The molecule has 14 heavy (non-hydrogen) atoms. The van der Waals surface area contributed by atoms with Gasteiger partial charge in [-0.25, -0.2) is 4.79 Å². The fourth-order valence-electron chi connectivity index (χ4n) is 1.52. The summed E-state index contributed by atoms with van der Waals surface area (Å²) in [5.74, 6) is -0.0379. The van der Waals surface area contributed by atoms with Gasteiger partial charge in [0.05, 0.1) is 5.69 Å². The van der Waals surface area contributed by atoms with E-state index in [9.17, 15) is 9.59 Å². The number of carbonyl (C=O) groups is 2. The molecule has 4 heteroatoms. The highest BCUT2D eigenvalue weighted by Gasteiger charge is 2.18. The fourth-order valence-corrected chi connectivity index (χ4v) is 1.52. The van der Waals surface area contributed by atoms with E-state index in [2.05, 4.69) is 10.6 Å². The molecule has 0 spiro atoms. The highest BCUT2D eigenvalue weighted by Crippen LogP contribution is 2.23. The van der Waals surface area contributed by atoms with Crippen LogP contribution in [0.25, 0.3) is 0 Å². The average Bonchev–Trinajstić information content (AvgIpc) is 2.16. The van der Waals surface area contributed by atoms with Gasteiger partial charge in [0.1, 0.15) is 0 Å². The maximum atomic E-state index is 11.3. The number of rotatable bonds is 1. The maximum Gasteiger partial charge on any atom is 0.319 e. The third kappa shape index (κ3) is 1.35. The molecular formula is C10H10N2O2. The molecule has 0 fully saturated rings. The zero-order valence-electron chi connectivity index (χ0n) is 7.76. The Morgan fingerprint density at radius 1 is 1.43 bits per heavy atom. The van der Waals surface area contributed by atoms with E-state index in [4.69, 9.17) is 0 Å². The largest absolute Gasteiger partial charge is 0.334 e. The number of nitrogens with one attached hydrogen (secondary N) is 2. The van der Waals surface area contributed by atoms with Crippen molar-refractivity contribution in [2.75, 3.05) is 5.32 Å². The molecule has 1 aromatic rings. The summed E-state index contributed by atoms with van der Waals surface area (Å²) < 4.78 is 0. The summed E-state index contributed by atoms with van der Waals surface area (Å²) in [6.07, 6.45) is 0. The molecule has 0 unspecified atom stereocenters. The van der Waals surface area contributed by atoms with Crippen molar-refractivity contribution >= 4 is 17.5 Å². The van der Waals surface area contributed by atoms with Crippen LogP contribution in [0.1, 0.15) is 22.8 Å². The Morgan fingerprint density at radius 3 is 2.93 bits per heavy atom. The van der Waals surface area contributed by atoms with Crippen molar-refractivity contribution in [2.24, 2.45) is 0 Å². The van der Waals surface area contributed by atoms with Crippen molar-refractivity contribution in [3.63, 3.8) is 0 Å². The minimum absolute atomic E-state index is 0.0379. The lowest BCUT2D eigenvalue weighted by Gasteiger charge is -2.20.